The highest BCUT2D eigenvalue weighted by molar-refractivity contribution is 7.98. The number of halogens is 6. The van der Waals surface area contributed by atoms with Crippen molar-refractivity contribution in [3.63, 3.8) is 0 Å². The molecule has 2 nitrogen and oxygen atoms in total. The van der Waals surface area contributed by atoms with E-state index in [4.69, 9.17) is 39.8 Å². The van der Waals surface area contributed by atoms with E-state index in [-0.39, 0.29) is 30.6 Å². The van der Waals surface area contributed by atoms with Gasteiger partial charge in [0.25, 0.3) is 0 Å². The van der Waals surface area contributed by atoms with Crippen LogP contribution in [0, 0.1) is 5.82 Å². The van der Waals surface area contributed by atoms with Crippen molar-refractivity contribution in [3.05, 3.63) is 98.2 Å². The molecule has 0 bridgehead atoms. The Kier molecular flexibility index (Phi) is 11.1. The van der Waals surface area contributed by atoms with Crippen molar-refractivity contribution in [1.29, 1.82) is 0 Å². The number of likely N-dealkylation sites (N-methyl/N-ethyl adjacent to an activating group) is 1. The number of fused-ring (bicyclic) bond motifs is 1. The molecule has 0 spiro atoms. The Morgan fingerprint density at radius 2 is 1.76 bits per heavy atom. The number of rotatable bonds is 5. The third-order valence-electron chi connectivity index (χ3n) is 5.15. The number of benzene rings is 3. The lowest BCUT2D eigenvalue weighted by atomic mass is 10.1. The van der Waals surface area contributed by atoms with Gasteiger partial charge in [-0.15, -0.1) is 36.6 Å². The SMILES string of the molecule is CN1CCN=C(/C=C/c2cccc(Cl)c2SCc2ccc(Cl)c(Cl)c2)c2ccc(F)cc21.Cl.Cl. The molecule has 0 fully saturated rings. The van der Waals surface area contributed by atoms with Crippen LogP contribution < -0.4 is 4.90 Å². The van der Waals surface area contributed by atoms with E-state index in [2.05, 4.69) is 0 Å². The molecule has 3 aromatic carbocycles. The maximum atomic E-state index is 13.8. The maximum absolute atomic E-state index is 13.8. The van der Waals surface area contributed by atoms with Gasteiger partial charge in [-0.05, 0) is 53.6 Å². The quantitative estimate of drug-likeness (QED) is 0.281. The van der Waals surface area contributed by atoms with E-state index >= 15 is 0 Å². The van der Waals surface area contributed by atoms with Gasteiger partial charge in [-0.2, -0.15) is 0 Å². The summed E-state index contributed by atoms with van der Waals surface area (Å²) in [5.74, 6) is 0.451. The van der Waals surface area contributed by atoms with Crippen LogP contribution in [0.1, 0.15) is 16.7 Å². The monoisotopic (exact) mass is 576 g/mol. The Morgan fingerprint density at radius 3 is 2.53 bits per heavy atom. The summed E-state index contributed by atoms with van der Waals surface area (Å²) in [5.41, 5.74) is 4.63. The molecule has 0 saturated carbocycles. The highest BCUT2D eigenvalue weighted by Crippen LogP contribution is 2.35. The summed E-state index contributed by atoms with van der Waals surface area (Å²) in [5, 5.41) is 1.76. The molecule has 0 N–H and O–H groups in total. The summed E-state index contributed by atoms with van der Waals surface area (Å²) in [4.78, 5) is 7.72. The summed E-state index contributed by atoms with van der Waals surface area (Å²) in [7, 11) is 1.95. The highest BCUT2D eigenvalue weighted by atomic mass is 35.5. The van der Waals surface area contributed by atoms with Gasteiger partial charge in [-0.3, -0.25) is 4.99 Å². The van der Waals surface area contributed by atoms with E-state index in [0.717, 1.165) is 39.5 Å². The predicted octanol–water partition coefficient (Wildman–Crippen LogP) is 8.87. The first-order valence-corrected chi connectivity index (χ1v) is 12.1. The molecule has 0 unspecified atom stereocenters. The van der Waals surface area contributed by atoms with Crippen LogP contribution in [-0.2, 0) is 5.75 Å². The van der Waals surface area contributed by atoms with Crippen LogP contribution in [0.15, 0.2) is 70.6 Å². The first-order chi connectivity index (χ1) is 15.4. The third kappa shape index (κ3) is 6.84. The normalized spacial score (nSPS) is 13.0. The molecule has 0 amide bonds. The average molecular weight is 579 g/mol. The molecule has 0 saturated heterocycles. The van der Waals surface area contributed by atoms with Gasteiger partial charge in [-0.25, -0.2) is 4.39 Å². The average Bonchev–Trinajstić information content (AvgIpc) is 2.92. The van der Waals surface area contributed by atoms with Crippen LogP contribution in [0.2, 0.25) is 15.1 Å². The van der Waals surface area contributed by atoms with Gasteiger partial charge in [0.1, 0.15) is 5.82 Å². The molecule has 4 rings (SSSR count). The molecule has 0 radical (unpaired) electrons. The highest BCUT2D eigenvalue weighted by Gasteiger charge is 2.16. The lowest BCUT2D eigenvalue weighted by Gasteiger charge is -2.19. The molecule has 0 aliphatic carbocycles. The van der Waals surface area contributed by atoms with Gasteiger partial charge >= 0.3 is 0 Å². The maximum Gasteiger partial charge on any atom is 0.125 e. The van der Waals surface area contributed by atoms with Gasteiger partial charge in [0.15, 0.2) is 0 Å². The van der Waals surface area contributed by atoms with E-state index in [1.165, 1.54) is 6.07 Å². The van der Waals surface area contributed by atoms with E-state index in [1.807, 2.05) is 54.4 Å². The van der Waals surface area contributed by atoms with Gasteiger partial charge in [-0.1, -0.05) is 59.1 Å². The number of anilines is 1. The zero-order chi connectivity index (χ0) is 22.7. The van der Waals surface area contributed by atoms with Gasteiger partial charge in [0, 0.05) is 35.5 Å². The molecular formula is C25H22Cl5FN2S. The Balaban J connectivity index is 0.00000204. The number of benzodiazepines with no additional fused rings is 1. The minimum absolute atomic E-state index is 0. The van der Waals surface area contributed by atoms with Crippen LogP contribution in [0.3, 0.4) is 0 Å². The molecule has 1 heterocycles. The fourth-order valence-corrected chi connectivity index (χ4v) is 5.13. The van der Waals surface area contributed by atoms with Crippen molar-refractivity contribution in [2.45, 2.75) is 10.6 Å². The van der Waals surface area contributed by atoms with Crippen molar-refractivity contribution >= 4 is 88.9 Å². The predicted molar refractivity (Wildman–Crippen MR) is 152 cm³/mol. The van der Waals surface area contributed by atoms with Crippen LogP contribution in [0.5, 0.6) is 0 Å². The van der Waals surface area contributed by atoms with E-state index < -0.39 is 0 Å². The number of thioether (sulfide) groups is 1. The van der Waals surface area contributed by atoms with Crippen molar-refractivity contribution in [1.82, 2.24) is 0 Å². The van der Waals surface area contributed by atoms with Gasteiger partial charge < -0.3 is 4.90 Å². The number of allylic oxidation sites excluding steroid dienone is 1. The topological polar surface area (TPSA) is 15.6 Å². The second kappa shape index (κ2) is 13.1. The van der Waals surface area contributed by atoms with Crippen molar-refractivity contribution in [2.24, 2.45) is 4.99 Å². The minimum Gasteiger partial charge on any atom is -0.372 e. The molecule has 1 aliphatic rings. The Labute approximate surface area is 231 Å². The van der Waals surface area contributed by atoms with E-state index in [9.17, 15) is 4.39 Å². The Morgan fingerprint density at radius 1 is 0.971 bits per heavy atom. The fraction of sp³-hybridized carbons (Fsp3) is 0.160. The van der Waals surface area contributed by atoms with E-state index in [0.29, 0.717) is 27.4 Å². The van der Waals surface area contributed by atoms with Crippen LogP contribution >= 0.6 is 71.4 Å². The molecule has 1 aliphatic heterocycles. The standard InChI is InChI=1S/C25H20Cl3FN2S.2ClH/c1-31-12-11-30-23(19-8-7-18(29)14-24(19)31)10-6-17-3-2-4-21(27)25(17)32-15-16-5-9-20(26)22(28)13-16;;/h2-10,13-14H,11-12,15H2,1H3;2*1H/b10-6+;;. The Bertz CT molecular complexity index is 1220. The van der Waals surface area contributed by atoms with Crippen LogP contribution in [-0.4, -0.2) is 25.8 Å². The largest absolute Gasteiger partial charge is 0.372 e. The third-order valence-corrected chi connectivity index (χ3v) is 7.54. The molecule has 34 heavy (non-hydrogen) atoms. The first-order valence-electron chi connectivity index (χ1n) is 10.0. The number of hydrogen-bond donors (Lipinski definition) is 0. The lowest BCUT2D eigenvalue weighted by Crippen LogP contribution is -2.20. The molecule has 180 valence electrons. The second-order valence-electron chi connectivity index (χ2n) is 7.38. The van der Waals surface area contributed by atoms with Crippen LogP contribution in [0.4, 0.5) is 10.1 Å². The Hall–Kier alpha value is -1.40. The molecular weight excluding hydrogens is 557 g/mol. The molecule has 3 aromatic rings. The smallest absolute Gasteiger partial charge is 0.125 e. The number of aliphatic imine (C=N–C) groups is 1. The summed E-state index contributed by atoms with van der Waals surface area (Å²) in [6, 6.07) is 16.3. The molecule has 0 aromatic heterocycles. The zero-order valence-electron chi connectivity index (χ0n) is 18.1. The zero-order valence-corrected chi connectivity index (χ0v) is 22.8. The van der Waals surface area contributed by atoms with Crippen molar-refractivity contribution in [2.75, 3.05) is 25.0 Å². The van der Waals surface area contributed by atoms with Gasteiger partial charge in [0.05, 0.1) is 27.3 Å². The van der Waals surface area contributed by atoms with Crippen molar-refractivity contribution in [3.8, 4) is 0 Å². The first kappa shape index (κ1) is 28.8. The lowest BCUT2D eigenvalue weighted by molar-refractivity contribution is 0.627. The molecule has 0 atom stereocenters. The molecule has 9 heteroatoms. The van der Waals surface area contributed by atoms with Crippen molar-refractivity contribution < 1.29 is 4.39 Å². The summed E-state index contributed by atoms with van der Waals surface area (Å²) in [6.07, 6.45) is 3.99. The minimum atomic E-state index is -0.253. The summed E-state index contributed by atoms with van der Waals surface area (Å²) < 4.78 is 13.8. The second-order valence-corrected chi connectivity index (χ2v) is 9.59. The summed E-state index contributed by atoms with van der Waals surface area (Å²) in [6.45, 7) is 1.37. The van der Waals surface area contributed by atoms with E-state index in [1.54, 1.807) is 30.0 Å². The fourth-order valence-electron chi connectivity index (χ4n) is 3.47. The van der Waals surface area contributed by atoms with Crippen LogP contribution in [0.25, 0.3) is 6.08 Å². The summed E-state index contributed by atoms with van der Waals surface area (Å²) >= 11 is 20.3. The van der Waals surface area contributed by atoms with Gasteiger partial charge in [0.2, 0.25) is 0 Å². The number of nitrogens with zero attached hydrogens (tertiary/aromatic N) is 2. The number of hydrogen-bond acceptors (Lipinski definition) is 3.